The average molecular weight is 503 g/mol. The highest BCUT2D eigenvalue weighted by Gasteiger charge is 2.31. The summed E-state index contributed by atoms with van der Waals surface area (Å²) < 4.78 is 62.9. The molecule has 1 aliphatic heterocycles. The fraction of sp³-hybridized carbons (Fsp3) is 0.231. The molecular weight excluding hydrogens is 482 g/mol. The van der Waals surface area contributed by atoms with Crippen molar-refractivity contribution in [3.63, 3.8) is 0 Å². The monoisotopic (exact) mass is 503 g/mol. The number of amides is 1. The quantitative estimate of drug-likeness (QED) is 0.421. The van der Waals surface area contributed by atoms with Crippen LogP contribution >= 0.6 is 0 Å². The van der Waals surface area contributed by atoms with Crippen LogP contribution in [0, 0.1) is 5.82 Å². The Morgan fingerprint density at radius 3 is 2.53 bits per heavy atom. The largest absolute Gasteiger partial charge is 0.481 e. The molecule has 36 heavy (non-hydrogen) atoms. The van der Waals surface area contributed by atoms with Crippen molar-refractivity contribution in [3.05, 3.63) is 88.7 Å². The maximum absolute atomic E-state index is 14.0. The zero-order valence-electron chi connectivity index (χ0n) is 19.0. The third kappa shape index (κ3) is 5.42. The molecule has 1 unspecified atom stereocenters. The molecule has 1 aliphatic rings. The van der Waals surface area contributed by atoms with E-state index >= 15 is 0 Å². The number of carbonyl (C=O) groups is 2. The minimum Gasteiger partial charge on any atom is -0.481 e. The Bertz CT molecular complexity index is 1310. The molecule has 0 saturated carbocycles. The molecule has 6 nitrogen and oxygen atoms in total. The van der Waals surface area contributed by atoms with Crippen LogP contribution in [0.5, 0.6) is 5.75 Å². The third-order valence-corrected chi connectivity index (χ3v) is 5.88. The number of aliphatic carboxylic acids is 1. The summed E-state index contributed by atoms with van der Waals surface area (Å²) in [7, 11) is 0. The number of hydrogen-bond donors (Lipinski definition) is 1. The third-order valence-electron chi connectivity index (χ3n) is 5.88. The Labute approximate surface area is 203 Å². The number of halogens is 4. The lowest BCUT2D eigenvalue weighted by atomic mass is 9.95. The van der Waals surface area contributed by atoms with Gasteiger partial charge in [0.1, 0.15) is 18.2 Å². The smallest absolute Gasteiger partial charge is 0.416 e. The molecule has 1 amide bonds. The van der Waals surface area contributed by atoms with E-state index in [0.29, 0.717) is 22.9 Å². The Morgan fingerprint density at radius 2 is 1.83 bits per heavy atom. The summed E-state index contributed by atoms with van der Waals surface area (Å²) in [5.74, 6) is -2.17. The van der Waals surface area contributed by atoms with Gasteiger partial charge in [-0.3, -0.25) is 9.69 Å². The van der Waals surface area contributed by atoms with E-state index in [2.05, 4.69) is 0 Å². The standard InChI is InChI=1S/C26H21F4NO5/c1-15(24(32)33)16-3-2-4-17(9-16)18-6-8-23-20(10-18)12-31(14-36-23)25(34)35-13-19-5-7-21(11-22(19)27)26(28,29)30/h2-11,15H,12-14H2,1H3,(H,32,33). The lowest BCUT2D eigenvalue weighted by Crippen LogP contribution is -2.37. The van der Waals surface area contributed by atoms with Crippen LogP contribution in [0.15, 0.2) is 60.7 Å². The molecule has 3 aromatic rings. The first-order chi connectivity index (χ1) is 17.0. The van der Waals surface area contributed by atoms with Gasteiger partial charge in [0.15, 0.2) is 6.73 Å². The summed E-state index contributed by atoms with van der Waals surface area (Å²) in [5.41, 5.74) is 1.59. The van der Waals surface area contributed by atoms with Crippen molar-refractivity contribution in [1.82, 2.24) is 4.90 Å². The number of carboxylic acids is 1. The van der Waals surface area contributed by atoms with Crippen molar-refractivity contribution in [2.24, 2.45) is 0 Å². The zero-order valence-corrected chi connectivity index (χ0v) is 19.0. The summed E-state index contributed by atoms with van der Waals surface area (Å²) in [5, 5.41) is 9.28. The zero-order chi connectivity index (χ0) is 26.0. The summed E-state index contributed by atoms with van der Waals surface area (Å²) in [6, 6.07) is 14.5. The van der Waals surface area contributed by atoms with Crippen molar-refractivity contribution in [1.29, 1.82) is 0 Å². The van der Waals surface area contributed by atoms with Crippen LogP contribution < -0.4 is 4.74 Å². The molecule has 1 N–H and O–H groups in total. The number of hydrogen-bond acceptors (Lipinski definition) is 4. The molecule has 0 aromatic heterocycles. The van der Waals surface area contributed by atoms with Crippen LogP contribution in [-0.4, -0.2) is 28.8 Å². The first-order valence-electron chi connectivity index (χ1n) is 10.9. The van der Waals surface area contributed by atoms with E-state index in [9.17, 15) is 32.3 Å². The highest BCUT2D eigenvalue weighted by Crippen LogP contribution is 2.33. The number of fused-ring (bicyclic) bond motifs is 1. The van der Waals surface area contributed by atoms with Gasteiger partial charge in [-0.05, 0) is 47.9 Å². The van der Waals surface area contributed by atoms with Gasteiger partial charge in [-0.15, -0.1) is 0 Å². The van der Waals surface area contributed by atoms with Crippen LogP contribution in [0.1, 0.15) is 35.1 Å². The molecule has 0 aliphatic carbocycles. The Morgan fingerprint density at radius 1 is 1.08 bits per heavy atom. The van der Waals surface area contributed by atoms with Gasteiger partial charge in [0.25, 0.3) is 0 Å². The predicted molar refractivity (Wildman–Crippen MR) is 121 cm³/mol. The van der Waals surface area contributed by atoms with Crippen molar-refractivity contribution in [2.45, 2.75) is 32.2 Å². The van der Waals surface area contributed by atoms with E-state index in [-0.39, 0.29) is 18.8 Å². The molecule has 4 rings (SSSR count). The van der Waals surface area contributed by atoms with Crippen molar-refractivity contribution in [3.8, 4) is 16.9 Å². The van der Waals surface area contributed by atoms with E-state index in [1.165, 1.54) is 4.90 Å². The normalized spacial score (nSPS) is 14.0. The van der Waals surface area contributed by atoms with Gasteiger partial charge in [-0.1, -0.05) is 36.4 Å². The molecule has 0 radical (unpaired) electrons. The van der Waals surface area contributed by atoms with Gasteiger partial charge in [0.2, 0.25) is 0 Å². The van der Waals surface area contributed by atoms with Gasteiger partial charge in [-0.25, -0.2) is 9.18 Å². The summed E-state index contributed by atoms with van der Waals surface area (Å²) in [4.78, 5) is 25.1. The first-order valence-corrected chi connectivity index (χ1v) is 10.9. The fourth-order valence-corrected chi connectivity index (χ4v) is 3.74. The van der Waals surface area contributed by atoms with Crippen molar-refractivity contribution >= 4 is 12.1 Å². The summed E-state index contributed by atoms with van der Waals surface area (Å²) in [6.07, 6.45) is -5.49. The van der Waals surface area contributed by atoms with Crippen molar-refractivity contribution in [2.75, 3.05) is 6.73 Å². The van der Waals surface area contributed by atoms with Crippen LogP contribution in [0.2, 0.25) is 0 Å². The van der Waals surface area contributed by atoms with Crippen LogP contribution in [0.25, 0.3) is 11.1 Å². The highest BCUT2D eigenvalue weighted by atomic mass is 19.4. The van der Waals surface area contributed by atoms with E-state index in [1.54, 1.807) is 31.2 Å². The number of benzene rings is 3. The molecule has 0 bridgehead atoms. The lowest BCUT2D eigenvalue weighted by Gasteiger charge is -2.28. The summed E-state index contributed by atoms with van der Waals surface area (Å²) in [6.45, 7) is 1.07. The van der Waals surface area contributed by atoms with E-state index in [1.807, 2.05) is 18.2 Å². The first kappa shape index (κ1) is 25.0. The average Bonchev–Trinajstić information content (AvgIpc) is 2.86. The summed E-state index contributed by atoms with van der Waals surface area (Å²) >= 11 is 0. The van der Waals surface area contributed by atoms with Gasteiger partial charge >= 0.3 is 18.2 Å². The number of carbonyl (C=O) groups excluding carboxylic acids is 1. The maximum atomic E-state index is 14.0. The Kier molecular flexibility index (Phi) is 6.87. The Balaban J connectivity index is 1.45. The maximum Gasteiger partial charge on any atom is 0.416 e. The molecule has 0 saturated heterocycles. The van der Waals surface area contributed by atoms with Gasteiger partial charge in [0.05, 0.1) is 18.0 Å². The topological polar surface area (TPSA) is 76.1 Å². The number of ether oxygens (including phenoxy) is 2. The second-order valence-electron chi connectivity index (χ2n) is 8.34. The molecule has 1 heterocycles. The molecule has 0 fully saturated rings. The van der Waals surface area contributed by atoms with Crippen LogP contribution in [0.4, 0.5) is 22.4 Å². The Hall–Kier alpha value is -4.08. The molecule has 1 atom stereocenters. The second kappa shape index (κ2) is 9.88. The number of nitrogens with zero attached hydrogens (tertiary/aromatic N) is 1. The second-order valence-corrected chi connectivity index (χ2v) is 8.34. The fourth-order valence-electron chi connectivity index (χ4n) is 3.74. The predicted octanol–water partition coefficient (Wildman–Crippen LogP) is 6.19. The molecule has 10 heteroatoms. The molecular formula is C26H21F4NO5. The SMILES string of the molecule is CC(C(=O)O)c1cccc(-c2ccc3c(c2)CN(C(=O)OCc2ccc(C(F)(F)F)cc2F)CO3)c1. The lowest BCUT2D eigenvalue weighted by molar-refractivity contribution is -0.139. The number of rotatable bonds is 5. The van der Waals surface area contributed by atoms with E-state index in [0.717, 1.165) is 23.3 Å². The number of alkyl halides is 3. The minimum absolute atomic E-state index is 0.119. The van der Waals surface area contributed by atoms with Gasteiger partial charge in [-0.2, -0.15) is 13.2 Å². The van der Waals surface area contributed by atoms with E-state index < -0.39 is 42.1 Å². The molecule has 3 aromatic carbocycles. The van der Waals surface area contributed by atoms with Gasteiger partial charge in [0, 0.05) is 11.1 Å². The van der Waals surface area contributed by atoms with Gasteiger partial charge < -0.3 is 14.6 Å². The van der Waals surface area contributed by atoms with Crippen LogP contribution in [0.3, 0.4) is 0 Å². The van der Waals surface area contributed by atoms with Crippen LogP contribution in [-0.2, 0) is 28.9 Å². The van der Waals surface area contributed by atoms with E-state index in [4.69, 9.17) is 9.47 Å². The minimum atomic E-state index is -4.68. The number of carboxylic acid groups (broad SMARTS) is 1. The highest BCUT2D eigenvalue weighted by molar-refractivity contribution is 5.77. The van der Waals surface area contributed by atoms with Crippen molar-refractivity contribution < 1.29 is 41.7 Å². The molecule has 188 valence electrons. The molecule has 0 spiro atoms.